The van der Waals surface area contributed by atoms with Crippen molar-refractivity contribution >= 4 is 11.3 Å². The Kier molecular flexibility index (Phi) is 4.02. The number of rotatable bonds is 5. The van der Waals surface area contributed by atoms with Gasteiger partial charge in [-0.25, -0.2) is 4.98 Å². The first-order valence-electron chi connectivity index (χ1n) is 5.36. The molecule has 0 amide bonds. The Morgan fingerprint density at radius 3 is 2.75 bits per heavy atom. The number of thiazole rings is 1. The van der Waals surface area contributed by atoms with Crippen molar-refractivity contribution in [3.05, 3.63) is 35.6 Å². The van der Waals surface area contributed by atoms with Gasteiger partial charge in [0.25, 0.3) is 0 Å². The van der Waals surface area contributed by atoms with Crippen molar-refractivity contribution in [3.63, 3.8) is 0 Å². The van der Waals surface area contributed by atoms with Crippen molar-refractivity contribution in [1.29, 1.82) is 0 Å². The molecule has 0 aliphatic carbocycles. The second-order valence-electron chi connectivity index (χ2n) is 3.56. The largest absolute Gasteiger partial charge is 0.265 e. The van der Waals surface area contributed by atoms with Crippen LogP contribution in [0.25, 0.3) is 10.6 Å². The number of unbranched alkanes of at least 4 members (excludes halogenated alkanes) is 1. The summed E-state index contributed by atoms with van der Waals surface area (Å²) < 4.78 is 0. The van der Waals surface area contributed by atoms with E-state index in [-0.39, 0.29) is 6.54 Å². The molecular weight excluding hydrogens is 218 g/mol. The van der Waals surface area contributed by atoms with E-state index in [2.05, 4.69) is 15.3 Å². The van der Waals surface area contributed by atoms with Crippen LogP contribution in [0.3, 0.4) is 0 Å². The first-order valence-corrected chi connectivity index (χ1v) is 6.24. The number of hydrogen-bond donors (Lipinski definition) is 0. The highest BCUT2D eigenvalue weighted by molar-refractivity contribution is 7.13. The summed E-state index contributed by atoms with van der Waals surface area (Å²) in [6.45, 7) is 0.265. The van der Waals surface area contributed by atoms with Crippen LogP contribution in [-0.2, 0) is 6.42 Å². The molecule has 2 rings (SSSR count). The molecule has 0 aliphatic heterocycles. The zero-order chi connectivity index (χ0) is 11.2. The van der Waals surface area contributed by atoms with Gasteiger partial charge in [-0.05, 0) is 31.4 Å². The van der Waals surface area contributed by atoms with Gasteiger partial charge < -0.3 is 0 Å². The molecule has 0 aromatic carbocycles. The van der Waals surface area contributed by atoms with Crippen molar-refractivity contribution in [3.8, 4) is 10.6 Å². The molecule has 0 atom stereocenters. The summed E-state index contributed by atoms with van der Waals surface area (Å²) in [5.74, 6) is 0. The predicted molar refractivity (Wildman–Crippen MR) is 65.3 cm³/mol. The van der Waals surface area contributed by atoms with E-state index in [1.165, 1.54) is 0 Å². The lowest BCUT2D eigenvalue weighted by atomic mass is 10.2. The summed E-state index contributed by atoms with van der Waals surface area (Å²) in [5.41, 5.74) is 10.9. The lowest BCUT2D eigenvalue weighted by Gasteiger charge is -1.95. The van der Waals surface area contributed by atoms with Gasteiger partial charge in [0.1, 0.15) is 5.01 Å². The van der Waals surface area contributed by atoms with Crippen molar-refractivity contribution in [1.82, 2.24) is 15.7 Å². The highest BCUT2D eigenvalue weighted by atomic mass is 32.1. The third-order valence-electron chi connectivity index (χ3n) is 2.32. The molecule has 82 valence electrons. The molecule has 0 unspecified atom stereocenters. The van der Waals surface area contributed by atoms with E-state index in [1.54, 1.807) is 23.7 Å². The average molecular weight is 231 g/mol. The van der Waals surface area contributed by atoms with Gasteiger partial charge in [0, 0.05) is 29.9 Å². The molecule has 2 radical (unpaired) electrons. The second kappa shape index (κ2) is 5.72. The summed E-state index contributed by atoms with van der Waals surface area (Å²) in [6, 6.07) is 3.94. The molecule has 0 spiro atoms. The Labute approximate surface area is 99.4 Å². The first kappa shape index (κ1) is 11.2. The quantitative estimate of drug-likeness (QED) is 0.743. The number of pyridine rings is 1. The zero-order valence-corrected chi connectivity index (χ0v) is 9.78. The molecule has 0 saturated heterocycles. The Bertz CT molecular complexity index is 425. The van der Waals surface area contributed by atoms with Crippen LogP contribution in [0.4, 0.5) is 0 Å². The van der Waals surface area contributed by atoms with Gasteiger partial charge in [0.2, 0.25) is 0 Å². The van der Waals surface area contributed by atoms with E-state index >= 15 is 0 Å². The number of hydrogen-bond acceptors (Lipinski definition) is 3. The van der Waals surface area contributed by atoms with E-state index in [4.69, 9.17) is 5.73 Å². The SMILES string of the molecule is [N]CCCCc1csc(-c2ccncc2)n1. The van der Waals surface area contributed by atoms with Gasteiger partial charge in [-0.2, -0.15) is 0 Å². The van der Waals surface area contributed by atoms with Crippen LogP contribution in [0.15, 0.2) is 29.9 Å². The monoisotopic (exact) mass is 231 g/mol. The van der Waals surface area contributed by atoms with Gasteiger partial charge >= 0.3 is 0 Å². The van der Waals surface area contributed by atoms with Crippen molar-refractivity contribution in [2.24, 2.45) is 0 Å². The number of aromatic nitrogens is 2. The number of nitrogens with zero attached hydrogens (tertiary/aromatic N) is 3. The lowest BCUT2D eigenvalue weighted by Crippen LogP contribution is -1.90. The lowest BCUT2D eigenvalue weighted by molar-refractivity contribution is 0.727. The maximum Gasteiger partial charge on any atom is 0.123 e. The van der Waals surface area contributed by atoms with Gasteiger partial charge in [-0.3, -0.25) is 4.98 Å². The maximum atomic E-state index is 8.70. The fourth-order valence-electron chi connectivity index (χ4n) is 1.47. The minimum atomic E-state index is 0.265. The van der Waals surface area contributed by atoms with Crippen LogP contribution in [0, 0.1) is 0 Å². The smallest absolute Gasteiger partial charge is 0.123 e. The summed E-state index contributed by atoms with van der Waals surface area (Å²) in [6.07, 6.45) is 6.35. The summed E-state index contributed by atoms with van der Waals surface area (Å²) in [7, 11) is 0. The van der Waals surface area contributed by atoms with Gasteiger partial charge in [0.15, 0.2) is 0 Å². The maximum absolute atomic E-state index is 8.70. The summed E-state index contributed by atoms with van der Waals surface area (Å²) in [4.78, 5) is 8.55. The van der Waals surface area contributed by atoms with Crippen LogP contribution >= 0.6 is 11.3 Å². The minimum absolute atomic E-state index is 0.265. The highest BCUT2D eigenvalue weighted by Gasteiger charge is 2.03. The normalized spacial score (nSPS) is 10.6. The van der Waals surface area contributed by atoms with E-state index in [9.17, 15) is 0 Å². The Balaban J connectivity index is 2.02. The summed E-state index contributed by atoms with van der Waals surface area (Å²) >= 11 is 1.66. The van der Waals surface area contributed by atoms with Crippen LogP contribution in [0.5, 0.6) is 0 Å². The predicted octanol–water partition coefficient (Wildman–Crippen LogP) is 2.60. The molecule has 0 fully saturated rings. The summed E-state index contributed by atoms with van der Waals surface area (Å²) in [5, 5.41) is 3.13. The zero-order valence-electron chi connectivity index (χ0n) is 8.97. The Morgan fingerprint density at radius 1 is 1.19 bits per heavy atom. The third-order valence-corrected chi connectivity index (χ3v) is 3.26. The van der Waals surface area contributed by atoms with E-state index in [0.29, 0.717) is 0 Å². The van der Waals surface area contributed by atoms with E-state index in [0.717, 1.165) is 35.5 Å². The van der Waals surface area contributed by atoms with Gasteiger partial charge in [-0.1, -0.05) is 0 Å². The fourth-order valence-corrected chi connectivity index (χ4v) is 2.33. The molecule has 2 heterocycles. The van der Waals surface area contributed by atoms with Crippen molar-refractivity contribution in [2.45, 2.75) is 19.3 Å². The molecule has 2 aromatic rings. The van der Waals surface area contributed by atoms with Crippen molar-refractivity contribution in [2.75, 3.05) is 6.54 Å². The van der Waals surface area contributed by atoms with Gasteiger partial charge in [-0.15, -0.1) is 17.1 Å². The van der Waals surface area contributed by atoms with Crippen LogP contribution in [0.2, 0.25) is 0 Å². The van der Waals surface area contributed by atoms with E-state index in [1.807, 2.05) is 12.1 Å². The van der Waals surface area contributed by atoms with E-state index < -0.39 is 0 Å². The molecule has 0 saturated carbocycles. The Hall–Kier alpha value is -1.26. The number of aryl methyl sites for hydroxylation is 1. The molecule has 2 aromatic heterocycles. The molecule has 16 heavy (non-hydrogen) atoms. The molecule has 0 bridgehead atoms. The minimum Gasteiger partial charge on any atom is -0.265 e. The topological polar surface area (TPSA) is 48.1 Å². The third kappa shape index (κ3) is 2.87. The molecule has 0 N–H and O–H groups in total. The average Bonchev–Trinajstić information content (AvgIpc) is 2.79. The first-order chi connectivity index (χ1) is 7.90. The molecule has 4 heteroatoms. The molecule has 3 nitrogen and oxygen atoms in total. The molecule has 0 aliphatic rings. The van der Waals surface area contributed by atoms with Crippen LogP contribution < -0.4 is 5.73 Å². The standard InChI is InChI=1S/C12H13N3S/c13-6-2-1-3-11-9-16-12(15-11)10-4-7-14-8-5-10/h4-5,7-9H,1-3,6H2. The van der Waals surface area contributed by atoms with Crippen LogP contribution in [-0.4, -0.2) is 16.5 Å². The second-order valence-corrected chi connectivity index (χ2v) is 4.42. The van der Waals surface area contributed by atoms with Gasteiger partial charge in [0.05, 0.1) is 5.69 Å². The van der Waals surface area contributed by atoms with Crippen molar-refractivity contribution < 1.29 is 0 Å². The highest BCUT2D eigenvalue weighted by Crippen LogP contribution is 2.23. The fraction of sp³-hybridized carbons (Fsp3) is 0.333. The van der Waals surface area contributed by atoms with Crippen LogP contribution in [0.1, 0.15) is 18.5 Å². The molecular formula is C12H13N3S. The Morgan fingerprint density at radius 2 is 2.00 bits per heavy atom.